The Morgan fingerprint density at radius 2 is 2.15 bits per heavy atom. The quantitative estimate of drug-likeness (QED) is 0.614. The summed E-state index contributed by atoms with van der Waals surface area (Å²) in [5, 5.41) is 7.30. The monoisotopic (exact) mass is 207 g/mol. The number of sulfone groups is 1. The standard InChI is InChI=1S/C6H9NO5S/c1-13(11,12)4-2-3-7(5(4)8)6(9)10/h4H,2-3H2,1H3,(H,9,10)/t4-/m0/s1. The van der Waals surface area contributed by atoms with Gasteiger partial charge in [-0.05, 0) is 6.42 Å². The summed E-state index contributed by atoms with van der Waals surface area (Å²) < 4.78 is 21.9. The third kappa shape index (κ3) is 1.80. The van der Waals surface area contributed by atoms with Crippen molar-refractivity contribution in [3.8, 4) is 0 Å². The van der Waals surface area contributed by atoms with E-state index >= 15 is 0 Å². The maximum Gasteiger partial charge on any atom is 0.414 e. The zero-order chi connectivity index (χ0) is 10.2. The molecule has 1 atom stereocenters. The number of hydrogen-bond acceptors (Lipinski definition) is 4. The topological polar surface area (TPSA) is 91.8 Å². The lowest BCUT2D eigenvalue weighted by Crippen LogP contribution is -2.36. The smallest absolute Gasteiger partial charge is 0.414 e. The molecule has 1 aliphatic heterocycles. The van der Waals surface area contributed by atoms with E-state index in [1.54, 1.807) is 0 Å². The number of nitrogens with zero attached hydrogens (tertiary/aromatic N) is 1. The fourth-order valence-electron chi connectivity index (χ4n) is 1.24. The van der Waals surface area contributed by atoms with Crippen LogP contribution in [0.2, 0.25) is 0 Å². The van der Waals surface area contributed by atoms with Crippen LogP contribution in [0.4, 0.5) is 4.79 Å². The van der Waals surface area contributed by atoms with Crippen LogP contribution in [0, 0.1) is 0 Å². The number of rotatable bonds is 1. The lowest BCUT2D eigenvalue weighted by molar-refractivity contribution is -0.125. The van der Waals surface area contributed by atoms with E-state index in [1.165, 1.54) is 0 Å². The van der Waals surface area contributed by atoms with Crippen molar-refractivity contribution in [2.24, 2.45) is 0 Å². The number of carbonyl (C=O) groups is 2. The van der Waals surface area contributed by atoms with E-state index in [1.807, 2.05) is 0 Å². The molecule has 1 N–H and O–H groups in total. The normalized spacial score (nSPS) is 23.6. The van der Waals surface area contributed by atoms with Crippen molar-refractivity contribution in [3.63, 3.8) is 0 Å². The van der Waals surface area contributed by atoms with Crippen molar-refractivity contribution in [3.05, 3.63) is 0 Å². The highest BCUT2D eigenvalue weighted by Crippen LogP contribution is 2.17. The number of carboxylic acid groups (broad SMARTS) is 1. The molecule has 1 heterocycles. The van der Waals surface area contributed by atoms with Gasteiger partial charge in [-0.3, -0.25) is 4.79 Å². The number of likely N-dealkylation sites (tertiary alicyclic amines) is 1. The van der Waals surface area contributed by atoms with Gasteiger partial charge in [0.15, 0.2) is 9.84 Å². The summed E-state index contributed by atoms with van der Waals surface area (Å²) in [5.74, 6) is -0.838. The van der Waals surface area contributed by atoms with Gasteiger partial charge in [0, 0.05) is 12.8 Å². The van der Waals surface area contributed by atoms with Crippen LogP contribution in [0.15, 0.2) is 0 Å². The van der Waals surface area contributed by atoms with Gasteiger partial charge < -0.3 is 5.11 Å². The van der Waals surface area contributed by atoms with Gasteiger partial charge in [0.2, 0.25) is 5.91 Å². The van der Waals surface area contributed by atoms with E-state index in [4.69, 9.17) is 5.11 Å². The molecule has 0 aliphatic carbocycles. The summed E-state index contributed by atoms with van der Waals surface area (Å²) >= 11 is 0. The molecule has 6 nitrogen and oxygen atoms in total. The average molecular weight is 207 g/mol. The SMILES string of the molecule is CS(=O)(=O)[C@H]1CCN(C(=O)O)C1=O. The van der Waals surface area contributed by atoms with E-state index < -0.39 is 27.1 Å². The van der Waals surface area contributed by atoms with Gasteiger partial charge in [-0.2, -0.15) is 0 Å². The molecule has 0 aromatic rings. The van der Waals surface area contributed by atoms with Crippen LogP contribution < -0.4 is 0 Å². The van der Waals surface area contributed by atoms with Crippen LogP contribution in [0.25, 0.3) is 0 Å². The maximum atomic E-state index is 11.2. The van der Waals surface area contributed by atoms with Crippen LogP contribution in [-0.4, -0.2) is 48.5 Å². The Morgan fingerprint density at radius 3 is 2.38 bits per heavy atom. The van der Waals surface area contributed by atoms with Crippen molar-refractivity contribution in [1.82, 2.24) is 4.90 Å². The molecule has 74 valence electrons. The fourth-order valence-corrected chi connectivity index (χ4v) is 2.27. The van der Waals surface area contributed by atoms with Gasteiger partial charge in [0.1, 0.15) is 5.25 Å². The molecule has 1 saturated heterocycles. The first kappa shape index (κ1) is 9.97. The minimum absolute atomic E-state index is 0.0358. The first-order valence-electron chi connectivity index (χ1n) is 3.57. The van der Waals surface area contributed by atoms with Crippen LogP contribution in [0.1, 0.15) is 6.42 Å². The molecule has 1 fully saturated rings. The molecule has 0 radical (unpaired) electrons. The molecule has 0 bridgehead atoms. The fraction of sp³-hybridized carbons (Fsp3) is 0.667. The van der Waals surface area contributed by atoms with E-state index in [-0.39, 0.29) is 13.0 Å². The van der Waals surface area contributed by atoms with Gasteiger partial charge in [-0.25, -0.2) is 18.1 Å². The van der Waals surface area contributed by atoms with Gasteiger partial charge in [-0.1, -0.05) is 0 Å². The first-order chi connectivity index (χ1) is 5.84. The zero-order valence-electron chi connectivity index (χ0n) is 6.93. The van der Waals surface area contributed by atoms with Gasteiger partial charge in [-0.15, -0.1) is 0 Å². The Hall–Kier alpha value is -1.11. The van der Waals surface area contributed by atoms with Crippen LogP contribution >= 0.6 is 0 Å². The number of carbonyl (C=O) groups excluding carboxylic acids is 1. The average Bonchev–Trinajstić information content (AvgIpc) is 2.28. The molecular formula is C6H9NO5S. The third-order valence-corrected chi connectivity index (χ3v) is 3.38. The molecule has 0 spiro atoms. The summed E-state index contributed by atoms with van der Waals surface area (Å²) in [5.41, 5.74) is 0. The number of imide groups is 1. The Kier molecular flexibility index (Phi) is 2.29. The molecule has 0 unspecified atom stereocenters. The van der Waals surface area contributed by atoms with E-state index in [0.29, 0.717) is 4.90 Å². The van der Waals surface area contributed by atoms with Gasteiger partial charge in [0.05, 0.1) is 0 Å². The van der Waals surface area contributed by atoms with Crippen molar-refractivity contribution >= 4 is 21.8 Å². The second-order valence-electron chi connectivity index (χ2n) is 2.88. The second kappa shape index (κ2) is 2.99. The summed E-state index contributed by atoms with van der Waals surface area (Å²) in [6.07, 6.45) is -0.401. The van der Waals surface area contributed by atoms with Gasteiger partial charge in [0.25, 0.3) is 0 Å². The van der Waals surface area contributed by atoms with E-state index in [9.17, 15) is 18.0 Å². The third-order valence-electron chi connectivity index (χ3n) is 1.90. The molecule has 2 amide bonds. The van der Waals surface area contributed by atoms with E-state index in [0.717, 1.165) is 6.26 Å². The highest BCUT2D eigenvalue weighted by atomic mass is 32.2. The Bertz CT molecular complexity index is 346. The molecule has 0 aromatic carbocycles. The lowest BCUT2D eigenvalue weighted by atomic mass is 10.4. The van der Waals surface area contributed by atoms with Crippen LogP contribution in [0.5, 0.6) is 0 Å². The van der Waals surface area contributed by atoms with Gasteiger partial charge >= 0.3 is 6.09 Å². The molecule has 1 aliphatic rings. The summed E-state index contributed by atoms with van der Waals surface area (Å²) in [7, 11) is -3.47. The van der Waals surface area contributed by atoms with Crippen LogP contribution in [-0.2, 0) is 14.6 Å². The molecule has 0 aromatic heterocycles. The zero-order valence-corrected chi connectivity index (χ0v) is 7.74. The molecule has 13 heavy (non-hydrogen) atoms. The Labute approximate surface area is 75.1 Å². The Balaban J connectivity index is 2.90. The largest absolute Gasteiger partial charge is 0.465 e. The predicted octanol–water partition coefficient (Wildman–Crippen LogP) is -0.690. The summed E-state index contributed by atoms with van der Waals surface area (Å²) in [4.78, 5) is 22.1. The predicted molar refractivity (Wildman–Crippen MR) is 43.0 cm³/mol. The Morgan fingerprint density at radius 1 is 1.62 bits per heavy atom. The van der Waals surface area contributed by atoms with Crippen molar-refractivity contribution in [1.29, 1.82) is 0 Å². The minimum Gasteiger partial charge on any atom is -0.465 e. The van der Waals surface area contributed by atoms with Crippen LogP contribution in [0.3, 0.4) is 0 Å². The lowest BCUT2D eigenvalue weighted by Gasteiger charge is -2.08. The number of amides is 2. The van der Waals surface area contributed by atoms with Crippen molar-refractivity contribution < 1.29 is 23.1 Å². The van der Waals surface area contributed by atoms with Crippen molar-refractivity contribution in [2.75, 3.05) is 12.8 Å². The number of hydrogen-bond donors (Lipinski definition) is 1. The van der Waals surface area contributed by atoms with E-state index in [2.05, 4.69) is 0 Å². The summed E-state index contributed by atoms with van der Waals surface area (Å²) in [6, 6.07) is 0. The first-order valence-corrected chi connectivity index (χ1v) is 5.52. The summed E-state index contributed by atoms with van der Waals surface area (Å²) in [6.45, 7) is -0.0358. The second-order valence-corrected chi connectivity index (χ2v) is 5.11. The van der Waals surface area contributed by atoms with Crippen molar-refractivity contribution in [2.45, 2.75) is 11.7 Å². The molecule has 7 heteroatoms. The minimum atomic E-state index is -3.47. The highest BCUT2D eigenvalue weighted by molar-refractivity contribution is 7.92. The maximum absolute atomic E-state index is 11.2. The molecular weight excluding hydrogens is 198 g/mol. The molecule has 0 saturated carbocycles. The molecule has 1 rings (SSSR count). The highest BCUT2D eigenvalue weighted by Gasteiger charge is 2.41.